The summed E-state index contributed by atoms with van der Waals surface area (Å²) in [5.41, 5.74) is 2.21. The molecule has 0 saturated carbocycles. The zero-order valence-corrected chi connectivity index (χ0v) is 18.7. The molecule has 1 aromatic rings. The summed E-state index contributed by atoms with van der Waals surface area (Å²) in [5, 5.41) is 6.44. The number of aliphatic imine (C=N–C) groups is 1. The quantitative estimate of drug-likeness (QED) is 0.279. The first-order valence-electron chi connectivity index (χ1n) is 9.90. The maximum atomic E-state index is 11.1. The molecule has 0 heterocycles. The van der Waals surface area contributed by atoms with Gasteiger partial charge in [-0.25, -0.2) is 18.1 Å². The molecule has 28 heavy (non-hydrogen) atoms. The number of guanidine groups is 1. The molecule has 0 aliphatic carbocycles. The van der Waals surface area contributed by atoms with E-state index in [9.17, 15) is 8.42 Å². The Bertz CT molecular complexity index is 718. The molecular formula is C20H36N4O3S. The van der Waals surface area contributed by atoms with Gasteiger partial charge < -0.3 is 15.4 Å². The lowest BCUT2D eigenvalue weighted by molar-refractivity contribution is 0.287. The Morgan fingerprint density at radius 1 is 1.21 bits per heavy atom. The number of ether oxygens (including phenoxy) is 1. The first-order valence-corrected chi connectivity index (χ1v) is 11.8. The van der Waals surface area contributed by atoms with Crippen molar-refractivity contribution in [3.05, 3.63) is 29.3 Å². The molecule has 1 aromatic carbocycles. The van der Waals surface area contributed by atoms with E-state index in [-0.39, 0.29) is 0 Å². The number of hydrogen-bond donors (Lipinski definition) is 3. The molecule has 0 atom stereocenters. The molecule has 3 N–H and O–H groups in total. The van der Waals surface area contributed by atoms with Crippen molar-refractivity contribution in [2.24, 2.45) is 10.9 Å². The van der Waals surface area contributed by atoms with Crippen molar-refractivity contribution >= 4 is 16.0 Å². The Kier molecular flexibility index (Phi) is 10.9. The lowest BCUT2D eigenvalue weighted by atomic mass is 10.1. The number of benzene rings is 1. The molecule has 0 aliphatic heterocycles. The zero-order chi connectivity index (χ0) is 21.0. The minimum Gasteiger partial charge on any atom is -0.493 e. The van der Waals surface area contributed by atoms with E-state index in [1.54, 1.807) is 0 Å². The van der Waals surface area contributed by atoms with E-state index in [1.165, 1.54) is 0 Å². The van der Waals surface area contributed by atoms with Crippen molar-refractivity contribution in [1.29, 1.82) is 0 Å². The lowest BCUT2D eigenvalue weighted by Crippen LogP contribution is -2.38. The van der Waals surface area contributed by atoms with Gasteiger partial charge in [-0.2, -0.15) is 0 Å². The van der Waals surface area contributed by atoms with Gasteiger partial charge in [-0.3, -0.25) is 0 Å². The Morgan fingerprint density at radius 3 is 2.61 bits per heavy atom. The molecule has 0 aliphatic rings. The third-order valence-corrected chi connectivity index (χ3v) is 4.67. The molecule has 7 nitrogen and oxygen atoms in total. The van der Waals surface area contributed by atoms with Crippen LogP contribution in [-0.2, 0) is 16.6 Å². The largest absolute Gasteiger partial charge is 0.493 e. The van der Waals surface area contributed by atoms with Crippen LogP contribution in [0, 0.1) is 12.8 Å². The number of hydrogen-bond acceptors (Lipinski definition) is 4. The lowest BCUT2D eigenvalue weighted by Gasteiger charge is -2.14. The number of sulfonamides is 1. The summed E-state index contributed by atoms with van der Waals surface area (Å²) < 4.78 is 30.6. The highest BCUT2D eigenvalue weighted by Gasteiger charge is 2.06. The fraction of sp³-hybridized carbons (Fsp3) is 0.650. The molecule has 0 unspecified atom stereocenters. The predicted molar refractivity (Wildman–Crippen MR) is 116 cm³/mol. The monoisotopic (exact) mass is 412 g/mol. The Balaban J connectivity index is 2.65. The van der Waals surface area contributed by atoms with Gasteiger partial charge in [0.15, 0.2) is 5.96 Å². The van der Waals surface area contributed by atoms with E-state index in [2.05, 4.69) is 59.3 Å². The van der Waals surface area contributed by atoms with Crippen molar-refractivity contribution in [3.63, 3.8) is 0 Å². The van der Waals surface area contributed by atoms with Crippen molar-refractivity contribution in [1.82, 2.24) is 15.4 Å². The number of nitrogens with zero attached hydrogens (tertiary/aromatic N) is 1. The van der Waals surface area contributed by atoms with Crippen molar-refractivity contribution in [2.45, 2.75) is 47.1 Å². The van der Waals surface area contributed by atoms with Crippen molar-refractivity contribution in [2.75, 3.05) is 32.5 Å². The standard InChI is InChI=1S/C20H36N4O3S/c1-6-21-20(22-11-7-12-24-28(5,25)26)23-15-18-9-8-17(4)14-19(18)27-13-10-16(2)3/h8-9,14,16,24H,6-7,10-13,15H2,1-5H3,(H2,21,22,23). The molecule has 0 amide bonds. The minimum atomic E-state index is -3.14. The summed E-state index contributed by atoms with van der Waals surface area (Å²) in [6, 6.07) is 6.18. The second kappa shape index (κ2) is 12.6. The van der Waals surface area contributed by atoms with Crippen molar-refractivity contribution in [3.8, 4) is 5.75 Å². The van der Waals surface area contributed by atoms with Crippen LogP contribution in [0.15, 0.2) is 23.2 Å². The van der Waals surface area contributed by atoms with Gasteiger partial charge in [-0.15, -0.1) is 0 Å². The van der Waals surface area contributed by atoms with Crippen LogP contribution in [0.2, 0.25) is 0 Å². The average Bonchev–Trinajstić information content (AvgIpc) is 2.59. The van der Waals surface area contributed by atoms with Gasteiger partial charge in [0, 0.05) is 25.2 Å². The van der Waals surface area contributed by atoms with E-state index in [0.29, 0.717) is 44.5 Å². The molecule has 0 bridgehead atoms. The third-order valence-electron chi connectivity index (χ3n) is 3.94. The Hall–Kier alpha value is -1.80. The van der Waals surface area contributed by atoms with E-state index < -0.39 is 10.0 Å². The van der Waals surface area contributed by atoms with E-state index in [1.807, 2.05) is 6.92 Å². The van der Waals surface area contributed by atoms with E-state index >= 15 is 0 Å². The van der Waals surface area contributed by atoms with E-state index in [4.69, 9.17) is 4.74 Å². The first-order chi connectivity index (χ1) is 13.2. The molecule has 0 saturated heterocycles. The number of rotatable bonds is 12. The van der Waals surface area contributed by atoms with E-state index in [0.717, 1.165) is 36.1 Å². The molecule has 0 spiro atoms. The number of aryl methyl sites for hydroxylation is 1. The summed E-state index contributed by atoms with van der Waals surface area (Å²) in [6.45, 7) is 11.4. The van der Waals surface area contributed by atoms with Crippen LogP contribution < -0.4 is 20.1 Å². The van der Waals surface area contributed by atoms with Gasteiger partial charge in [-0.05, 0) is 44.2 Å². The second-order valence-electron chi connectivity index (χ2n) is 7.28. The maximum absolute atomic E-state index is 11.1. The highest BCUT2D eigenvalue weighted by atomic mass is 32.2. The molecule has 0 fully saturated rings. The first kappa shape index (κ1) is 24.2. The molecule has 0 radical (unpaired) electrons. The summed E-state index contributed by atoms with van der Waals surface area (Å²) in [4.78, 5) is 4.64. The smallest absolute Gasteiger partial charge is 0.208 e. The molecule has 0 aromatic heterocycles. The summed E-state index contributed by atoms with van der Waals surface area (Å²) >= 11 is 0. The van der Waals surface area contributed by atoms with Gasteiger partial charge in [0.2, 0.25) is 10.0 Å². The van der Waals surface area contributed by atoms with Gasteiger partial charge in [-0.1, -0.05) is 26.0 Å². The summed E-state index contributed by atoms with van der Waals surface area (Å²) in [5.74, 6) is 2.20. The second-order valence-corrected chi connectivity index (χ2v) is 9.12. The molecule has 1 rings (SSSR count). The van der Waals surface area contributed by atoms with Crippen LogP contribution in [0.25, 0.3) is 0 Å². The molecular weight excluding hydrogens is 376 g/mol. The summed E-state index contributed by atoms with van der Waals surface area (Å²) in [7, 11) is -3.14. The van der Waals surface area contributed by atoms with Crippen LogP contribution >= 0.6 is 0 Å². The normalized spacial score (nSPS) is 12.3. The zero-order valence-electron chi connectivity index (χ0n) is 17.8. The van der Waals surface area contributed by atoms with Crippen LogP contribution in [0.1, 0.15) is 44.7 Å². The Morgan fingerprint density at radius 2 is 1.96 bits per heavy atom. The van der Waals surface area contributed by atoms with Crippen LogP contribution in [-0.4, -0.2) is 46.9 Å². The SMILES string of the molecule is CCNC(=NCc1ccc(C)cc1OCCC(C)C)NCCCNS(C)(=O)=O. The predicted octanol–water partition coefficient (Wildman–Crippen LogP) is 2.41. The third kappa shape index (κ3) is 11.1. The van der Waals surface area contributed by atoms with Gasteiger partial charge in [0.1, 0.15) is 5.75 Å². The highest BCUT2D eigenvalue weighted by Crippen LogP contribution is 2.22. The minimum absolute atomic E-state index is 0.400. The van der Waals surface area contributed by atoms with Gasteiger partial charge >= 0.3 is 0 Å². The molecule has 8 heteroatoms. The molecule has 160 valence electrons. The van der Waals surface area contributed by atoms with Gasteiger partial charge in [0.05, 0.1) is 19.4 Å². The summed E-state index contributed by atoms with van der Waals surface area (Å²) in [6.07, 6.45) is 2.85. The Labute approximate surface area is 170 Å². The topological polar surface area (TPSA) is 91.8 Å². The van der Waals surface area contributed by atoms with Crippen molar-refractivity contribution < 1.29 is 13.2 Å². The van der Waals surface area contributed by atoms with Crippen LogP contribution in [0.3, 0.4) is 0 Å². The fourth-order valence-corrected chi connectivity index (χ4v) is 2.91. The highest BCUT2D eigenvalue weighted by molar-refractivity contribution is 7.88. The maximum Gasteiger partial charge on any atom is 0.208 e. The number of nitrogens with one attached hydrogen (secondary N) is 3. The van der Waals surface area contributed by atoms with Crippen LogP contribution in [0.4, 0.5) is 0 Å². The fourth-order valence-electron chi connectivity index (χ4n) is 2.39. The van der Waals surface area contributed by atoms with Gasteiger partial charge in [0.25, 0.3) is 0 Å². The average molecular weight is 413 g/mol. The van der Waals surface area contributed by atoms with Crippen LogP contribution in [0.5, 0.6) is 5.75 Å².